The first-order valence-electron chi connectivity index (χ1n) is 7.29. The maximum Gasteiger partial charge on any atom is 0.191 e. The van der Waals surface area contributed by atoms with Gasteiger partial charge in [-0.25, -0.2) is 4.99 Å². The third-order valence-corrected chi connectivity index (χ3v) is 4.25. The first-order valence-corrected chi connectivity index (χ1v) is 8.17. The van der Waals surface area contributed by atoms with Crippen molar-refractivity contribution in [2.45, 2.75) is 33.9 Å². The predicted molar refractivity (Wildman–Crippen MR) is 107 cm³/mol. The number of aryl methyl sites for hydroxylation is 2. The van der Waals surface area contributed by atoms with E-state index >= 15 is 0 Å². The van der Waals surface area contributed by atoms with Gasteiger partial charge in [-0.2, -0.15) is 0 Å². The van der Waals surface area contributed by atoms with Crippen LogP contribution in [0.4, 0.5) is 0 Å². The van der Waals surface area contributed by atoms with E-state index in [0.29, 0.717) is 6.54 Å². The fraction of sp³-hybridized carbons (Fsp3) is 0.353. The number of hydrogen-bond donors (Lipinski definition) is 2. The van der Waals surface area contributed by atoms with Crippen LogP contribution in [-0.2, 0) is 13.1 Å². The Morgan fingerprint density at radius 3 is 2.64 bits per heavy atom. The molecular formula is C17H24IN3S. The minimum absolute atomic E-state index is 0. The lowest BCUT2D eigenvalue weighted by atomic mass is 10.1. The number of benzene rings is 1. The summed E-state index contributed by atoms with van der Waals surface area (Å²) in [5.41, 5.74) is 3.84. The maximum absolute atomic E-state index is 4.65. The van der Waals surface area contributed by atoms with E-state index < -0.39 is 0 Å². The summed E-state index contributed by atoms with van der Waals surface area (Å²) in [6.45, 7) is 8.72. The highest BCUT2D eigenvalue weighted by atomic mass is 127. The predicted octanol–water partition coefficient (Wildman–Crippen LogP) is 4.24. The summed E-state index contributed by atoms with van der Waals surface area (Å²) in [6.07, 6.45) is 0. The minimum Gasteiger partial charge on any atom is -0.357 e. The molecule has 2 rings (SSSR count). The largest absolute Gasteiger partial charge is 0.357 e. The number of rotatable bonds is 5. The summed E-state index contributed by atoms with van der Waals surface area (Å²) in [5, 5.41) is 8.82. The van der Waals surface area contributed by atoms with Crippen LogP contribution in [0.25, 0.3) is 0 Å². The highest BCUT2D eigenvalue weighted by Crippen LogP contribution is 2.14. The molecule has 0 aliphatic rings. The van der Waals surface area contributed by atoms with Crippen LogP contribution in [0.2, 0.25) is 0 Å². The number of nitrogens with one attached hydrogen (secondary N) is 2. The van der Waals surface area contributed by atoms with E-state index in [4.69, 9.17) is 0 Å². The van der Waals surface area contributed by atoms with Crippen molar-refractivity contribution in [2.24, 2.45) is 4.99 Å². The second-order valence-corrected chi connectivity index (χ2v) is 6.07. The van der Waals surface area contributed by atoms with Crippen LogP contribution in [-0.4, -0.2) is 12.5 Å². The topological polar surface area (TPSA) is 36.4 Å². The second kappa shape index (κ2) is 9.84. The van der Waals surface area contributed by atoms with E-state index in [1.54, 1.807) is 11.3 Å². The zero-order valence-electron chi connectivity index (χ0n) is 13.3. The Morgan fingerprint density at radius 1 is 1.18 bits per heavy atom. The molecule has 3 nitrogen and oxygen atoms in total. The normalized spacial score (nSPS) is 11.0. The smallest absolute Gasteiger partial charge is 0.191 e. The monoisotopic (exact) mass is 429 g/mol. The van der Waals surface area contributed by atoms with Gasteiger partial charge in [-0.3, -0.25) is 0 Å². The van der Waals surface area contributed by atoms with Crippen molar-refractivity contribution < 1.29 is 0 Å². The number of aliphatic imine (C=N–C) groups is 1. The maximum atomic E-state index is 4.65. The van der Waals surface area contributed by atoms with Crippen LogP contribution in [0, 0.1) is 13.8 Å². The molecule has 0 fully saturated rings. The fourth-order valence-corrected chi connectivity index (χ4v) is 2.92. The van der Waals surface area contributed by atoms with Gasteiger partial charge in [0.1, 0.15) is 0 Å². The third-order valence-electron chi connectivity index (χ3n) is 3.23. The van der Waals surface area contributed by atoms with Crippen molar-refractivity contribution in [2.75, 3.05) is 6.54 Å². The zero-order valence-corrected chi connectivity index (χ0v) is 16.5. The highest BCUT2D eigenvalue weighted by molar-refractivity contribution is 14.0. The van der Waals surface area contributed by atoms with Crippen LogP contribution in [0.3, 0.4) is 0 Å². The molecule has 2 aromatic rings. The fourth-order valence-electron chi connectivity index (χ4n) is 2.07. The van der Waals surface area contributed by atoms with Crippen LogP contribution < -0.4 is 10.6 Å². The van der Waals surface area contributed by atoms with Gasteiger partial charge in [0.05, 0.1) is 13.1 Å². The molecule has 0 aliphatic carbocycles. The Balaban J connectivity index is 0.00000242. The number of guanidine groups is 1. The molecule has 0 saturated heterocycles. The molecule has 0 aliphatic heterocycles. The lowest BCUT2D eigenvalue weighted by molar-refractivity contribution is 0.821. The highest BCUT2D eigenvalue weighted by Gasteiger charge is 2.02. The molecule has 1 heterocycles. The molecule has 0 radical (unpaired) electrons. The number of halogens is 1. The molecule has 0 unspecified atom stereocenters. The molecule has 0 spiro atoms. The lowest BCUT2D eigenvalue weighted by Crippen LogP contribution is -2.36. The molecule has 120 valence electrons. The van der Waals surface area contributed by atoms with Gasteiger partial charge in [0.25, 0.3) is 0 Å². The van der Waals surface area contributed by atoms with Crippen molar-refractivity contribution in [1.82, 2.24) is 10.6 Å². The zero-order chi connectivity index (χ0) is 15.1. The van der Waals surface area contributed by atoms with E-state index in [2.05, 4.69) is 72.1 Å². The van der Waals surface area contributed by atoms with Crippen molar-refractivity contribution in [3.63, 3.8) is 0 Å². The lowest BCUT2D eigenvalue weighted by Gasteiger charge is -2.11. The van der Waals surface area contributed by atoms with Gasteiger partial charge in [-0.1, -0.05) is 29.8 Å². The van der Waals surface area contributed by atoms with Gasteiger partial charge >= 0.3 is 0 Å². The Bertz CT molecular complexity index is 607. The Kier molecular flexibility index (Phi) is 8.48. The van der Waals surface area contributed by atoms with E-state index in [-0.39, 0.29) is 24.0 Å². The third kappa shape index (κ3) is 5.96. The summed E-state index contributed by atoms with van der Waals surface area (Å²) >= 11 is 1.78. The summed E-state index contributed by atoms with van der Waals surface area (Å²) < 4.78 is 0. The molecule has 0 saturated carbocycles. The summed E-state index contributed by atoms with van der Waals surface area (Å²) in [6, 6.07) is 10.6. The van der Waals surface area contributed by atoms with Gasteiger partial charge in [-0.05, 0) is 43.3 Å². The van der Waals surface area contributed by atoms with Gasteiger partial charge < -0.3 is 10.6 Å². The SMILES string of the molecule is CCNC(=NCc1cccc(C)c1)NCc1sccc1C.I. The Morgan fingerprint density at radius 2 is 2.00 bits per heavy atom. The molecule has 2 N–H and O–H groups in total. The molecular weight excluding hydrogens is 405 g/mol. The number of hydrogen-bond acceptors (Lipinski definition) is 2. The van der Waals surface area contributed by atoms with Crippen molar-refractivity contribution >= 4 is 41.3 Å². The second-order valence-electron chi connectivity index (χ2n) is 5.06. The van der Waals surface area contributed by atoms with Crippen molar-refractivity contribution in [1.29, 1.82) is 0 Å². The first kappa shape index (κ1) is 19.0. The minimum atomic E-state index is 0. The van der Waals surface area contributed by atoms with E-state index in [1.807, 2.05) is 0 Å². The van der Waals surface area contributed by atoms with Crippen LogP contribution in [0.1, 0.15) is 28.5 Å². The molecule has 0 bridgehead atoms. The van der Waals surface area contributed by atoms with Crippen LogP contribution in [0.15, 0.2) is 40.7 Å². The van der Waals surface area contributed by atoms with Crippen LogP contribution in [0.5, 0.6) is 0 Å². The van der Waals surface area contributed by atoms with Gasteiger partial charge in [0.15, 0.2) is 5.96 Å². The first-order chi connectivity index (χ1) is 10.2. The molecule has 0 atom stereocenters. The van der Waals surface area contributed by atoms with Crippen molar-refractivity contribution in [3.05, 3.63) is 57.3 Å². The molecule has 1 aromatic heterocycles. The molecule has 0 amide bonds. The van der Waals surface area contributed by atoms with E-state index in [0.717, 1.165) is 19.0 Å². The number of nitrogens with zero attached hydrogens (tertiary/aromatic N) is 1. The summed E-state index contributed by atoms with van der Waals surface area (Å²) in [5.74, 6) is 0.867. The summed E-state index contributed by atoms with van der Waals surface area (Å²) in [7, 11) is 0. The molecule has 22 heavy (non-hydrogen) atoms. The average molecular weight is 429 g/mol. The Hall–Kier alpha value is -1.08. The Labute approximate surface area is 154 Å². The summed E-state index contributed by atoms with van der Waals surface area (Å²) in [4.78, 5) is 6.01. The molecule has 1 aromatic carbocycles. The van der Waals surface area contributed by atoms with Gasteiger partial charge in [-0.15, -0.1) is 35.3 Å². The van der Waals surface area contributed by atoms with E-state index in [9.17, 15) is 0 Å². The van der Waals surface area contributed by atoms with Gasteiger partial charge in [0, 0.05) is 11.4 Å². The van der Waals surface area contributed by atoms with Crippen LogP contribution >= 0.6 is 35.3 Å². The number of thiophene rings is 1. The standard InChI is InChI=1S/C17H23N3S.HI/c1-4-18-17(20-12-16-14(3)8-9-21-16)19-11-15-7-5-6-13(2)10-15;/h5-10H,4,11-12H2,1-3H3,(H2,18,19,20);1H. The quantitative estimate of drug-likeness (QED) is 0.424. The van der Waals surface area contributed by atoms with E-state index in [1.165, 1.54) is 21.6 Å². The van der Waals surface area contributed by atoms with Gasteiger partial charge in [0.2, 0.25) is 0 Å². The molecule has 5 heteroatoms. The van der Waals surface area contributed by atoms with Crippen molar-refractivity contribution in [3.8, 4) is 0 Å². The average Bonchev–Trinajstić information content (AvgIpc) is 2.87.